The van der Waals surface area contributed by atoms with Gasteiger partial charge >= 0.3 is 0 Å². The van der Waals surface area contributed by atoms with E-state index in [0.717, 1.165) is 47.2 Å². The van der Waals surface area contributed by atoms with E-state index in [0.29, 0.717) is 35.3 Å². The van der Waals surface area contributed by atoms with Gasteiger partial charge < -0.3 is 28.6 Å². The molecular weight excluding hydrogens is 458 g/mol. The van der Waals surface area contributed by atoms with E-state index in [4.69, 9.17) is 23.7 Å². The molecule has 0 fully saturated rings. The Morgan fingerprint density at radius 2 is 1.69 bits per heavy atom. The number of methoxy groups -OCH3 is 2. The highest BCUT2D eigenvalue weighted by Gasteiger charge is 2.58. The summed E-state index contributed by atoms with van der Waals surface area (Å²) in [7, 11) is 3.26. The maximum absolute atomic E-state index is 14.4. The highest BCUT2D eigenvalue weighted by atomic mass is 16.7. The average Bonchev–Trinajstić information content (AvgIpc) is 3.59. The van der Waals surface area contributed by atoms with E-state index in [9.17, 15) is 4.79 Å². The van der Waals surface area contributed by atoms with Crippen LogP contribution in [0, 0.1) is 0 Å². The van der Waals surface area contributed by atoms with Crippen molar-refractivity contribution in [2.75, 3.05) is 39.1 Å². The molecule has 7 heteroatoms. The Labute approximate surface area is 210 Å². The molecule has 186 valence electrons. The van der Waals surface area contributed by atoms with Crippen molar-refractivity contribution in [2.24, 2.45) is 0 Å². The van der Waals surface area contributed by atoms with Crippen LogP contribution in [-0.2, 0) is 10.2 Å². The zero-order valence-electron chi connectivity index (χ0n) is 20.8. The topological polar surface area (TPSA) is 66.5 Å². The molecular formula is C29H29NO6. The molecule has 0 N–H and O–H groups in total. The molecule has 7 nitrogen and oxygen atoms in total. The summed E-state index contributed by atoms with van der Waals surface area (Å²) in [5.74, 6) is 3.22. The van der Waals surface area contributed by atoms with Gasteiger partial charge in [0.05, 0.1) is 14.2 Å². The van der Waals surface area contributed by atoms with Gasteiger partial charge in [-0.25, -0.2) is 0 Å². The molecule has 36 heavy (non-hydrogen) atoms. The first-order valence-corrected chi connectivity index (χ1v) is 12.4. The minimum absolute atomic E-state index is 0.0283. The number of fused-ring (bicyclic) bond motifs is 5. The van der Waals surface area contributed by atoms with E-state index in [-0.39, 0.29) is 19.3 Å². The van der Waals surface area contributed by atoms with Crippen LogP contribution in [0.1, 0.15) is 37.3 Å². The van der Waals surface area contributed by atoms with Crippen LogP contribution in [0.5, 0.6) is 28.7 Å². The normalized spacial score (nSPS) is 18.9. The fourth-order valence-corrected chi connectivity index (χ4v) is 5.75. The van der Waals surface area contributed by atoms with Gasteiger partial charge in [-0.15, -0.1) is 0 Å². The first kappa shape index (κ1) is 22.6. The van der Waals surface area contributed by atoms with Crippen molar-refractivity contribution in [1.29, 1.82) is 0 Å². The summed E-state index contributed by atoms with van der Waals surface area (Å²) in [5.41, 5.74) is 3.44. The Balaban J connectivity index is 1.61. The molecule has 3 aliphatic heterocycles. The fraction of sp³-hybridized carbons (Fsp3) is 0.345. The predicted octanol–water partition coefficient (Wildman–Crippen LogP) is 5.31. The number of carbonyl (C=O) groups excluding carboxylic acids is 1. The zero-order chi connectivity index (χ0) is 24.9. The van der Waals surface area contributed by atoms with Gasteiger partial charge in [0.2, 0.25) is 12.7 Å². The lowest BCUT2D eigenvalue weighted by molar-refractivity contribution is -0.122. The van der Waals surface area contributed by atoms with Crippen LogP contribution in [0.15, 0.2) is 48.5 Å². The maximum atomic E-state index is 14.4. The van der Waals surface area contributed by atoms with Gasteiger partial charge in [0.25, 0.3) is 0 Å². The molecule has 0 aromatic heterocycles. The Bertz CT molecular complexity index is 1350. The molecule has 1 amide bonds. The predicted molar refractivity (Wildman–Crippen MR) is 136 cm³/mol. The van der Waals surface area contributed by atoms with Gasteiger partial charge in [0.1, 0.15) is 17.8 Å². The third-order valence-electron chi connectivity index (χ3n) is 7.43. The first-order chi connectivity index (χ1) is 17.6. The lowest BCUT2D eigenvalue weighted by atomic mass is 9.74. The molecule has 1 unspecified atom stereocenters. The van der Waals surface area contributed by atoms with Gasteiger partial charge in [-0.2, -0.15) is 0 Å². The lowest BCUT2D eigenvalue weighted by Crippen LogP contribution is -2.43. The molecule has 3 aliphatic rings. The minimum Gasteiger partial charge on any atom is -0.493 e. The highest BCUT2D eigenvalue weighted by molar-refractivity contribution is 6.14. The summed E-state index contributed by atoms with van der Waals surface area (Å²) in [5, 5.41) is 0. The molecule has 0 saturated carbocycles. The minimum atomic E-state index is -0.997. The van der Waals surface area contributed by atoms with Crippen LogP contribution >= 0.6 is 0 Å². The van der Waals surface area contributed by atoms with Crippen LogP contribution in [0.3, 0.4) is 0 Å². The van der Waals surface area contributed by atoms with Crippen molar-refractivity contribution in [3.05, 3.63) is 59.7 Å². The van der Waals surface area contributed by atoms with E-state index >= 15 is 0 Å². The van der Waals surface area contributed by atoms with Crippen LogP contribution in [0.4, 0.5) is 5.69 Å². The number of amides is 1. The largest absolute Gasteiger partial charge is 0.493 e. The summed E-state index contributed by atoms with van der Waals surface area (Å²) in [6, 6.07) is 15.7. The molecule has 3 heterocycles. The lowest BCUT2D eigenvalue weighted by Gasteiger charge is -2.25. The molecule has 0 aliphatic carbocycles. The van der Waals surface area contributed by atoms with E-state index in [2.05, 4.69) is 6.92 Å². The molecule has 1 spiro atoms. The second-order valence-electron chi connectivity index (χ2n) is 9.30. The SMILES string of the molecule is CCCCCN1C(=O)C2(COc3cc4c(cc32)OCO4)c2c(-c3cccc(OC)c3OC)cccc21. The quantitative estimate of drug-likeness (QED) is 0.421. The van der Waals surface area contributed by atoms with Gasteiger partial charge in [-0.3, -0.25) is 4.79 Å². The number of rotatable bonds is 7. The van der Waals surface area contributed by atoms with Crippen molar-refractivity contribution >= 4 is 11.6 Å². The number of anilines is 1. The van der Waals surface area contributed by atoms with Crippen molar-refractivity contribution in [2.45, 2.75) is 31.6 Å². The monoisotopic (exact) mass is 487 g/mol. The van der Waals surface area contributed by atoms with Gasteiger partial charge in [0.15, 0.2) is 23.0 Å². The third kappa shape index (κ3) is 3.08. The number of hydrogen-bond donors (Lipinski definition) is 0. The third-order valence-corrected chi connectivity index (χ3v) is 7.43. The first-order valence-electron chi connectivity index (χ1n) is 12.4. The van der Waals surface area contributed by atoms with E-state index < -0.39 is 5.41 Å². The number of benzene rings is 3. The van der Waals surface area contributed by atoms with Crippen LogP contribution in [-0.4, -0.2) is 40.1 Å². The molecule has 0 radical (unpaired) electrons. The molecule has 3 aromatic rings. The van der Waals surface area contributed by atoms with E-state index in [1.165, 1.54) is 0 Å². The fourth-order valence-electron chi connectivity index (χ4n) is 5.75. The molecule has 1 atom stereocenters. The maximum Gasteiger partial charge on any atom is 0.245 e. The summed E-state index contributed by atoms with van der Waals surface area (Å²) in [6.07, 6.45) is 3.07. The van der Waals surface area contributed by atoms with Crippen LogP contribution in [0.25, 0.3) is 11.1 Å². The summed E-state index contributed by atoms with van der Waals surface area (Å²) in [6.45, 7) is 3.19. The molecule has 0 saturated heterocycles. The average molecular weight is 488 g/mol. The van der Waals surface area contributed by atoms with Crippen LogP contribution < -0.4 is 28.6 Å². The van der Waals surface area contributed by atoms with Crippen molar-refractivity contribution in [1.82, 2.24) is 0 Å². The van der Waals surface area contributed by atoms with E-state index in [1.807, 2.05) is 53.4 Å². The van der Waals surface area contributed by atoms with Crippen molar-refractivity contribution in [3.8, 4) is 39.9 Å². The van der Waals surface area contributed by atoms with Crippen molar-refractivity contribution in [3.63, 3.8) is 0 Å². The number of nitrogens with zero attached hydrogens (tertiary/aromatic N) is 1. The highest BCUT2D eigenvalue weighted by Crippen LogP contribution is 2.58. The zero-order valence-corrected chi connectivity index (χ0v) is 20.8. The van der Waals surface area contributed by atoms with Gasteiger partial charge in [-0.1, -0.05) is 44.0 Å². The number of para-hydroxylation sites is 1. The molecule has 3 aromatic carbocycles. The van der Waals surface area contributed by atoms with E-state index in [1.54, 1.807) is 14.2 Å². The summed E-state index contributed by atoms with van der Waals surface area (Å²) in [4.78, 5) is 16.4. The molecule has 6 rings (SSSR count). The number of unbranched alkanes of at least 4 members (excludes halogenated alkanes) is 2. The Morgan fingerprint density at radius 1 is 0.917 bits per heavy atom. The number of carbonyl (C=O) groups is 1. The van der Waals surface area contributed by atoms with Crippen LogP contribution in [0.2, 0.25) is 0 Å². The van der Waals surface area contributed by atoms with Crippen molar-refractivity contribution < 1.29 is 28.5 Å². The van der Waals surface area contributed by atoms with Gasteiger partial charge in [-0.05, 0) is 30.2 Å². The van der Waals surface area contributed by atoms with Gasteiger partial charge in [0, 0.05) is 35.0 Å². The Hall–Kier alpha value is -3.87. The summed E-state index contributed by atoms with van der Waals surface area (Å²) >= 11 is 0. The second kappa shape index (κ2) is 8.66. The number of ether oxygens (including phenoxy) is 5. The summed E-state index contributed by atoms with van der Waals surface area (Å²) < 4.78 is 28.9. The molecule has 0 bridgehead atoms. The number of hydrogen-bond acceptors (Lipinski definition) is 6. The Morgan fingerprint density at radius 3 is 2.47 bits per heavy atom. The smallest absolute Gasteiger partial charge is 0.245 e. The Kier molecular flexibility index (Phi) is 5.43. The standard InChI is InChI=1S/C29H29NO6/c1-4-5-6-13-30-21-11-7-9-18(19-10-8-12-22(32-2)27(19)33-3)26(21)29(28(30)31)16-34-23-15-25-24(14-20(23)29)35-17-36-25/h7-12,14-15H,4-6,13,16-17H2,1-3H3. The second-order valence-corrected chi connectivity index (χ2v) is 9.30.